The van der Waals surface area contributed by atoms with Gasteiger partial charge in [-0.1, -0.05) is 24.8 Å². The minimum atomic E-state index is -0.786. The number of nitrogens with zero attached hydrogens (tertiary/aromatic N) is 1. The van der Waals surface area contributed by atoms with E-state index < -0.39 is 10.2 Å². The van der Waals surface area contributed by atoms with Gasteiger partial charge in [-0.25, -0.2) is 0 Å². The molecule has 0 radical (unpaired) electrons. The minimum absolute atomic E-state index is 0.786. The normalized spacial score (nSPS) is 18.6. The zero-order valence-electron chi connectivity index (χ0n) is 10.3. The molecule has 0 amide bonds. The van der Waals surface area contributed by atoms with Gasteiger partial charge in [0.2, 0.25) is 0 Å². The van der Waals surface area contributed by atoms with E-state index >= 15 is 0 Å². The fourth-order valence-corrected chi connectivity index (χ4v) is 4.55. The molecule has 2 heteroatoms. The van der Waals surface area contributed by atoms with Crippen molar-refractivity contribution in [3.8, 4) is 0 Å². The van der Waals surface area contributed by atoms with Crippen molar-refractivity contribution in [3.05, 3.63) is 36.4 Å². The van der Waals surface area contributed by atoms with E-state index in [0.717, 1.165) is 0 Å². The average molecular weight is 235 g/mol. The highest BCUT2D eigenvalue weighted by Crippen LogP contribution is 2.53. The van der Waals surface area contributed by atoms with Gasteiger partial charge in [-0.05, 0) is 43.0 Å². The summed E-state index contributed by atoms with van der Waals surface area (Å²) in [6.07, 6.45) is 9.46. The number of benzene rings is 1. The van der Waals surface area contributed by atoms with Gasteiger partial charge in [0.25, 0.3) is 0 Å². The molecule has 1 aromatic rings. The van der Waals surface area contributed by atoms with Crippen molar-refractivity contribution < 1.29 is 0 Å². The van der Waals surface area contributed by atoms with Gasteiger partial charge in [0.05, 0.1) is 0 Å². The van der Waals surface area contributed by atoms with Crippen LogP contribution in [0.15, 0.2) is 35.7 Å². The lowest BCUT2D eigenvalue weighted by Gasteiger charge is -2.41. The largest absolute Gasteiger partial charge is 0.264 e. The Labute approximate surface area is 101 Å². The van der Waals surface area contributed by atoms with E-state index in [2.05, 4.69) is 47.7 Å². The van der Waals surface area contributed by atoms with E-state index in [1.807, 2.05) is 6.08 Å². The molecule has 1 aliphatic rings. The Balaban J connectivity index is 2.29. The smallest absolute Gasteiger partial charge is 0.00777 e. The van der Waals surface area contributed by atoms with Crippen LogP contribution < -0.4 is 0 Å². The van der Waals surface area contributed by atoms with Crippen LogP contribution in [0, 0.1) is 0 Å². The summed E-state index contributed by atoms with van der Waals surface area (Å²) in [4.78, 5) is 1.48. The van der Waals surface area contributed by atoms with Crippen molar-refractivity contribution >= 4 is 16.3 Å². The first kappa shape index (κ1) is 11.7. The molecule has 0 N–H and O–H groups in total. The zero-order valence-corrected chi connectivity index (χ0v) is 11.1. The van der Waals surface area contributed by atoms with Crippen molar-refractivity contribution in [2.45, 2.75) is 17.7 Å². The summed E-state index contributed by atoms with van der Waals surface area (Å²) < 4.78 is 2.66. The van der Waals surface area contributed by atoms with Gasteiger partial charge in [0.15, 0.2) is 0 Å². The molecule has 0 aromatic heterocycles. The third-order valence-electron chi connectivity index (χ3n) is 3.38. The molecule has 16 heavy (non-hydrogen) atoms. The van der Waals surface area contributed by atoms with Gasteiger partial charge in [-0.2, -0.15) is 10.2 Å². The molecular weight excluding hydrogens is 214 g/mol. The lowest BCUT2D eigenvalue weighted by Crippen LogP contribution is -2.23. The Morgan fingerprint density at radius 3 is 2.56 bits per heavy atom. The van der Waals surface area contributed by atoms with Crippen LogP contribution in [0.3, 0.4) is 0 Å². The van der Waals surface area contributed by atoms with Crippen molar-refractivity contribution in [3.63, 3.8) is 0 Å². The van der Waals surface area contributed by atoms with E-state index in [9.17, 15) is 0 Å². The fraction of sp³-hybridized carbons (Fsp3) is 0.429. The van der Waals surface area contributed by atoms with Gasteiger partial charge >= 0.3 is 0 Å². The van der Waals surface area contributed by atoms with Crippen molar-refractivity contribution in [2.75, 3.05) is 25.6 Å². The minimum Gasteiger partial charge on any atom is -0.264 e. The summed E-state index contributed by atoms with van der Waals surface area (Å²) in [5, 5.41) is 0. The molecule has 0 unspecified atom stereocenters. The topological polar surface area (TPSA) is 3.24 Å². The Kier molecular flexibility index (Phi) is 3.41. The van der Waals surface area contributed by atoms with Gasteiger partial charge in [-0.3, -0.25) is 4.31 Å². The molecular formula is C14H21NS. The third-order valence-corrected chi connectivity index (χ3v) is 6.44. The first-order chi connectivity index (χ1) is 7.64. The second kappa shape index (κ2) is 4.64. The first-order valence-corrected chi connectivity index (χ1v) is 8.26. The summed E-state index contributed by atoms with van der Waals surface area (Å²) in [5.74, 6) is 0. The molecule has 1 fully saturated rings. The lowest BCUT2D eigenvalue weighted by atomic mass is 10.2. The summed E-state index contributed by atoms with van der Waals surface area (Å²) in [5.41, 5.74) is 1.23. The van der Waals surface area contributed by atoms with E-state index in [4.69, 9.17) is 0 Å². The number of hydrogen-bond donors (Lipinski definition) is 0. The van der Waals surface area contributed by atoms with Crippen molar-refractivity contribution in [2.24, 2.45) is 0 Å². The van der Waals surface area contributed by atoms with Crippen molar-refractivity contribution in [1.82, 2.24) is 4.31 Å². The highest BCUT2D eigenvalue weighted by Gasteiger charge is 2.26. The molecule has 1 nitrogen and oxygen atoms in total. The molecule has 1 heterocycles. The molecule has 0 saturated carbocycles. The van der Waals surface area contributed by atoms with Crippen LogP contribution in [0.25, 0.3) is 6.08 Å². The maximum Gasteiger partial charge on any atom is 0.00777 e. The lowest BCUT2D eigenvalue weighted by molar-refractivity contribution is 0.571. The fourth-order valence-electron chi connectivity index (χ4n) is 2.25. The highest BCUT2D eigenvalue weighted by atomic mass is 32.3. The highest BCUT2D eigenvalue weighted by molar-refractivity contribution is 8.30. The Hall–Kier alpha value is -0.730. The van der Waals surface area contributed by atoms with Crippen LogP contribution in [0.2, 0.25) is 0 Å². The third kappa shape index (κ3) is 2.18. The van der Waals surface area contributed by atoms with Crippen molar-refractivity contribution in [1.29, 1.82) is 0 Å². The molecule has 1 aliphatic heterocycles. The van der Waals surface area contributed by atoms with E-state index in [1.165, 1.54) is 36.4 Å². The first-order valence-electron chi connectivity index (χ1n) is 5.85. The molecule has 0 atom stereocenters. The SMILES string of the molecule is C=Cc1cccc(S(C)(C)N2CCCC2)c1. The second-order valence-corrected chi connectivity index (χ2v) is 8.22. The summed E-state index contributed by atoms with van der Waals surface area (Å²) in [6, 6.07) is 8.83. The predicted molar refractivity (Wildman–Crippen MR) is 75.0 cm³/mol. The van der Waals surface area contributed by atoms with Crippen LogP contribution in [0.4, 0.5) is 0 Å². The summed E-state index contributed by atoms with van der Waals surface area (Å²) in [6.45, 7) is 6.38. The van der Waals surface area contributed by atoms with Gasteiger partial charge in [0.1, 0.15) is 0 Å². The Morgan fingerprint density at radius 1 is 1.25 bits per heavy atom. The van der Waals surface area contributed by atoms with Crippen LogP contribution >= 0.6 is 10.2 Å². The standard InChI is InChI=1S/C14H21NS/c1-4-13-8-7-9-14(12-13)16(2,3)15-10-5-6-11-15/h4,7-9,12H,1,5-6,10-11H2,2-3H3. The van der Waals surface area contributed by atoms with Crippen LogP contribution in [0.1, 0.15) is 18.4 Å². The average Bonchev–Trinajstić information content (AvgIpc) is 2.83. The molecule has 0 aliphatic carbocycles. The molecule has 0 bridgehead atoms. The van der Waals surface area contributed by atoms with Gasteiger partial charge < -0.3 is 0 Å². The van der Waals surface area contributed by atoms with Gasteiger partial charge in [0, 0.05) is 18.0 Å². The summed E-state index contributed by atoms with van der Waals surface area (Å²) >= 11 is 0. The Bertz CT molecular complexity index is 378. The molecule has 1 saturated heterocycles. The second-order valence-electron chi connectivity index (χ2n) is 4.69. The maximum absolute atomic E-state index is 3.85. The number of hydrogen-bond acceptors (Lipinski definition) is 1. The van der Waals surface area contributed by atoms with E-state index in [0.29, 0.717) is 0 Å². The monoisotopic (exact) mass is 235 g/mol. The van der Waals surface area contributed by atoms with Crippen LogP contribution in [-0.4, -0.2) is 29.9 Å². The quantitative estimate of drug-likeness (QED) is 0.771. The van der Waals surface area contributed by atoms with Gasteiger partial charge in [-0.15, -0.1) is 0 Å². The zero-order chi connectivity index (χ0) is 11.6. The van der Waals surface area contributed by atoms with E-state index in [1.54, 1.807) is 0 Å². The Morgan fingerprint density at radius 2 is 1.94 bits per heavy atom. The predicted octanol–water partition coefficient (Wildman–Crippen LogP) is 3.76. The van der Waals surface area contributed by atoms with Crippen LogP contribution in [0.5, 0.6) is 0 Å². The maximum atomic E-state index is 3.85. The van der Waals surface area contributed by atoms with Crippen LogP contribution in [-0.2, 0) is 0 Å². The molecule has 88 valence electrons. The van der Waals surface area contributed by atoms with E-state index in [-0.39, 0.29) is 0 Å². The molecule has 0 spiro atoms. The summed E-state index contributed by atoms with van der Waals surface area (Å²) in [7, 11) is -0.786. The molecule has 2 rings (SSSR count). The molecule has 1 aromatic carbocycles. The number of rotatable bonds is 3.